The molecule has 9 rings (SSSR count). The normalized spacial score (nSPS) is 25.2. The Labute approximate surface area is 306 Å². The Morgan fingerprint density at radius 2 is 2.12 bits per heavy atom. The van der Waals surface area contributed by atoms with Crippen LogP contribution in [0.4, 0.5) is 24.0 Å². The first kappa shape index (κ1) is 33.7. The number of carbonyl (C=O) groups is 1. The van der Waals surface area contributed by atoms with Gasteiger partial charge in [0.2, 0.25) is 5.91 Å². The Bertz CT molecular complexity index is 2200. The van der Waals surface area contributed by atoms with E-state index < -0.39 is 23.3 Å². The van der Waals surface area contributed by atoms with Crippen LogP contribution >= 0.6 is 22.9 Å². The predicted octanol–water partition coefficient (Wildman–Crippen LogP) is 5.26. The van der Waals surface area contributed by atoms with Crippen LogP contribution in [0.3, 0.4) is 0 Å². The fourth-order valence-corrected chi connectivity index (χ4v) is 9.78. The maximum Gasteiger partial charge on any atom is 0.319 e. The van der Waals surface area contributed by atoms with Crippen molar-refractivity contribution in [2.75, 3.05) is 63.6 Å². The van der Waals surface area contributed by atoms with Gasteiger partial charge in [0.1, 0.15) is 53.6 Å². The minimum atomic E-state index is -0.967. The first-order valence-electron chi connectivity index (χ1n) is 17.6. The number of nitriles is 1. The lowest BCUT2D eigenvalue weighted by molar-refractivity contribution is -0.129. The van der Waals surface area contributed by atoms with Crippen molar-refractivity contribution in [1.82, 2.24) is 25.1 Å². The number of thiophene rings is 1. The van der Waals surface area contributed by atoms with Gasteiger partial charge in [0, 0.05) is 50.1 Å². The van der Waals surface area contributed by atoms with E-state index in [-0.39, 0.29) is 90.7 Å². The highest BCUT2D eigenvalue weighted by molar-refractivity contribution is 7.23. The van der Waals surface area contributed by atoms with Gasteiger partial charge in [-0.25, -0.2) is 13.2 Å². The number of nitrogen functional groups attached to an aromatic ring is 1. The molecule has 4 atom stereocenters. The topological polar surface area (TPSA) is 143 Å². The molecule has 2 aromatic heterocycles. The minimum absolute atomic E-state index is 0.0158. The second-order valence-corrected chi connectivity index (χ2v) is 16.0. The molecule has 6 heterocycles. The molecule has 0 bridgehead atoms. The fraction of sp³-hybridized carbons (Fsp3) is 0.500. The number of anilines is 2. The monoisotopic (exact) mass is 752 g/mol. The molecule has 4 fully saturated rings. The van der Waals surface area contributed by atoms with Crippen molar-refractivity contribution in [3.05, 3.63) is 34.4 Å². The van der Waals surface area contributed by atoms with E-state index in [0.717, 1.165) is 43.6 Å². The summed E-state index contributed by atoms with van der Waals surface area (Å²) in [6, 6.07) is 4.55. The Kier molecular flexibility index (Phi) is 8.11. The summed E-state index contributed by atoms with van der Waals surface area (Å²) in [4.78, 5) is 28.3. The molecule has 2 aromatic carbocycles. The maximum atomic E-state index is 17.2. The van der Waals surface area contributed by atoms with Gasteiger partial charge in [-0.05, 0) is 49.8 Å². The summed E-state index contributed by atoms with van der Waals surface area (Å²) < 4.78 is 59.5. The third kappa shape index (κ3) is 5.40. The zero-order valence-electron chi connectivity index (χ0n) is 28.4. The molecule has 5 aliphatic rings. The molecule has 11 nitrogen and oxygen atoms in total. The summed E-state index contributed by atoms with van der Waals surface area (Å²) >= 11 is 7.93. The van der Waals surface area contributed by atoms with Crippen LogP contribution in [0, 0.1) is 28.9 Å². The van der Waals surface area contributed by atoms with Crippen LogP contribution in [0.25, 0.3) is 32.1 Å². The second kappa shape index (κ2) is 12.5. The summed E-state index contributed by atoms with van der Waals surface area (Å²) in [5.74, 6) is -0.396. The largest absolute Gasteiger partial charge is 0.489 e. The van der Waals surface area contributed by atoms with Gasteiger partial charge in [0.25, 0.3) is 0 Å². The number of ether oxygens (including phenoxy) is 2. The predicted molar refractivity (Wildman–Crippen MR) is 192 cm³/mol. The van der Waals surface area contributed by atoms with Crippen LogP contribution in [0.1, 0.15) is 37.7 Å². The minimum Gasteiger partial charge on any atom is -0.489 e. The van der Waals surface area contributed by atoms with Crippen LogP contribution < -0.4 is 25.4 Å². The van der Waals surface area contributed by atoms with Crippen LogP contribution in [0.5, 0.6) is 11.8 Å². The third-order valence-corrected chi connectivity index (χ3v) is 12.8. The van der Waals surface area contributed by atoms with E-state index in [9.17, 15) is 14.4 Å². The quantitative estimate of drug-likeness (QED) is 0.218. The van der Waals surface area contributed by atoms with Crippen molar-refractivity contribution in [1.29, 1.82) is 5.26 Å². The summed E-state index contributed by atoms with van der Waals surface area (Å²) in [5.41, 5.74) is 5.51. The summed E-state index contributed by atoms with van der Waals surface area (Å²) in [7, 11) is 1.77. The Balaban J connectivity index is 1.14. The van der Waals surface area contributed by atoms with E-state index in [0.29, 0.717) is 44.3 Å². The zero-order chi connectivity index (χ0) is 36.1. The lowest BCUT2D eigenvalue weighted by Crippen LogP contribution is -2.43. The Hall–Kier alpha value is -4.10. The number of benzene rings is 2. The molecular formula is C36H36ClF3N8O3S. The number of likely N-dealkylation sites (N-methyl/N-ethyl adjacent to an activating group) is 1. The van der Waals surface area contributed by atoms with Gasteiger partial charge in [-0.3, -0.25) is 15.0 Å². The first-order valence-corrected chi connectivity index (χ1v) is 18.8. The number of rotatable bonds is 9. The van der Waals surface area contributed by atoms with Crippen molar-refractivity contribution in [2.24, 2.45) is 5.92 Å². The smallest absolute Gasteiger partial charge is 0.319 e. The molecule has 4 aromatic rings. The van der Waals surface area contributed by atoms with E-state index in [1.807, 2.05) is 11.0 Å². The number of aromatic nitrogens is 2. The lowest BCUT2D eigenvalue weighted by Gasteiger charge is -2.31. The Morgan fingerprint density at radius 1 is 1.29 bits per heavy atom. The van der Waals surface area contributed by atoms with E-state index >= 15 is 8.78 Å². The highest BCUT2D eigenvalue weighted by atomic mass is 35.5. The zero-order valence-corrected chi connectivity index (χ0v) is 29.9. The summed E-state index contributed by atoms with van der Waals surface area (Å²) in [6.45, 7) is 2.40. The SMILES string of the molecule is CN(CCN1CCOc2c(Cl)c(-c3ccc(F)c4sc(N)c(C#N)c34)c(F)c3nc(OC[C@@]45CCCN4C[C@H](F)C5)nc1c23)C(=O)[C@@H]1N[C@H]1C1CC1. The van der Waals surface area contributed by atoms with Gasteiger partial charge in [-0.2, -0.15) is 15.2 Å². The van der Waals surface area contributed by atoms with E-state index in [1.54, 1.807) is 11.9 Å². The number of amides is 1. The molecule has 3 saturated heterocycles. The number of hydrogen-bond donors (Lipinski definition) is 2. The number of carbonyl (C=O) groups excluding carboxylic acids is 1. The van der Waals surface area contributed by atoms with Crippen LogP contribution in [-0.2, 0) is 4.79 Å². The van der Waals surface area contributed by atoms with Gasteiger partial charge in [0.05, 0.1) is 32.8 Å². The summed E-state index contributed by atoms with van der Waals surface area (Å²) in [5, 5.41) is 13.6. The van der Waals surface area contributed by atoms with E-state index in [2.05, 4.69) is 15.2 Å². The highest BCUT2D eigenvalue weighted by Gasteiger charge is 2.52. The fourth-order valence-electron chi connectivity index (χ4n) is 8.50. The van der Waals surface area contributed by atoms with Crippen molar-refractivity contribution >= 4 is 60.7 Å². The number of alkyl halides is 1. The number of nitrogens with zero attached hydrogens (tertiary/aromatic N) is 6. The molecule has 3 N–H and O–H groups in total. The van der Waals surface area contributed by atoms with Crippen LogP contribution in [0.15, 0.2) is 12.1 Å². The van der Waals surface area contributed by atoms with Gasteiger partial charge in [0.15, 0.2) is 11.6 Å². The lowest BCUT2D eigenvalue weighted by atomic mass is 9.95. The molecule has 4 aliphatic heterocycles. The molecule has 0 spiro atoms. The number of nitrogens with two attached hydrogens (primary N) is 1. The summed E-state index contributed by atoms with van der Waals surface area (Å²) in [6.07, 6.45) is 3.33. The Morgan fingerprint density at radius 3 is 2.90 bits per heavy atom. The van der Waals surface area contributed by atoms with Crippen molar-refractivity contribution in [3.8, 4) is 29.0 Å². The van der Waals surface area contributed by atoms with Crippen molar-refractivity contribution in [3.63, 3.8) is 0 Å². The first-order chi connectivity index (χ1) is 25.1. The third-order valence-electron chi connectivity index (χ3n) is 11.4. The second-order valence-electron chi connectivity index (χ2n) is 14.6. The maximum absolute atomic E-state index is 17.2. The molecule has 272 valence electrons. The average Bonchev–Trinajstić information content (AvgIpc) is 4.03. The van der Waals surface area contributed by atoms with Crippen LogP contribution in [0.2, 0.25) is 5.02 Å². The van der Waals surface area contributed by atoms with Gasteiger partial charge >= 0.3 is 6.01 Å². The number of hydrogen-bond acceptors (Lipinski definition) is 11. The molecule has 52 heavy (non-hydrogen) atoms. The number of halogens is 4. The van der Waals surface area contributed by atoms with Gasteiger partial charge in [-0.15, -0.1) is 11.3 Å². The molecule has 1 aliphatic carbocycles. The number of nitrogens with one attached hydrogen (secondary N) is 1. The number of fused-ring (bicyclic) bond motifs is 2. The molecule has 1 saturated carbocycles. The molecular weight excluding hydrogens is 717 g/mol. The van der Waals surface area contributed by atoms with E-state index in [1.165, 1.54) is 12.1 Å². The standard InChI is InChI=1S/C36H36ClF3N8O3S/c1-46(34(49)29-27(43-29)17-3-4-17)9-10-47-11-12-50-30-24-28(44-35(45-33(24)47)51-16-36-7-2-8-48(36)15-18(38)13-36)26(40)23(25(30)37)19-5-6-21(39)31-22(19)20(14-41)32(42)52-31/h5-6,17-18,27,29,43H,2-4,7-13,15-16,42H2,1H3/t18-,27+,29-,36+/m1/s1. The molecule has 0 unspecified atom stereocenters. The van der Waals surface area contributed by atoms with Crippen LogP contribution in [-0.4, -0.2) is 102 Å². The van der Waals surface area contributed by atoms with Gasteiger partial charge in [-0.1, -0.05) is 17.7 Å². The molecule has 16 heteroatoms. The van der Waals surface area contributed by atoms with Crippen molar-refractivity contribution in [2.45, 2.75) is 55.9 Å². The molecule has 0 radical (unpaired) electrons. The van der Waals surface area contributed by atoms with E-state index in [4.69, 9.17) is 31.8 Å². The van der Waals surface area contributed by atoms with Gasteiger partial charge < -0.3 is 25.0 Å². The van der Waals surface area contributed by atoms with Crippen molar-refractivity contribution < 1.29 is 27.4 Å². The average molecular weight is 753 g/mol. The highest BCUT2D eigenvalue weighted by Crippen LogP contribution is 2.51. The molecule has 1 amide bonds.